The molecule has 1 saturated carbocycles. The molecule has 30 heavy (non-hydrogen) atoms. The number of halogens is 1. The molecule has 2 aliphatic rings. The first-order valence-electron chi connectivity index (χ1n) is 9.68. The Balaban J connectivity index is 1.20. The van der Waals surface area contributed by atoms with Gasteiger partial charge in [-0.15, -0.1) is 0 Å². The number of carbonyl (C=O) groups excluding carboxylic acids is 1. The molecule has 0 bridgehead atoms. The molecule has 0 unspecified atom stereocenters. The SMILES string of the molecule is O=C(NCCOc1ccc(F)cc1)C1(c2cc(-c3ccc4c(c3)OCO4)on2)CC1. The highest BCUT2D eigenvalue weighted by Gasteiger charge is 2.53. The fourth-order valence-corrected chi connectivity index (χ4v) is 3.44. The number of aromatic nitrogens is 1. The van der Waals surface area contributed by atoms with Gasteiger partial charge in [0, 0.05) is 11.6 Å². The van der Waals surface area contributed by atoms with Crippen LogP contribution in [0.5, 0.6) is 17.2 Å². The predicted octanol–water partition coefficient (Wildman–Crippen LogP) is 3.44. The molecule has 0 spiro atoms. The van der Waals surface area contributed by atoms with Gasteiger partial charge in [-0.25, -0.2) is 4.39 Å². The highest BCUT2D eigenvalue weighted by Crippen LogP contribution is 2.49. The van der Waals surface area contributed by atoms with Crippen molar-refractivity contribution in [3.8, 4) is 28.6 Å². The Morgan fingerprint density at radius 1 is 1.10 bits per heavy atom. The van der Waals surface area contributed by atoms with Crippen molar-refractivity contribution in [2.24, 2.45) is 0 Å². The van der Waals surface area contributed by atoms with Gasteiger partial charge < -0.3 is 24.1 Å². The summed E-state index contributed by atoms with van der Waals surface area (Å²) in [6.45, 7) is 0.828. The Morgan fingerprint density at radius 2 is 1.90 bits per heavy atom. The molecular formula is C22H19FN2O5. The number of nitrogens with zero attached hydrogens (tertiary/aromatic N) is 1. The average Bonchev–Trinajstić information content (AvgIpc) is 3.20. The van der Waals surface area contributed by atoms with Crippen molar-refractivity contribution in [3.63, 3.8) is 0 Å². The second-order valence-corrected chi connectivity index (χ2v) is 7.28. The van der Waals surface area contributed by atoms with Crippen LogP contribution in [0.2, 0.25) is 0 Å². The Labute approximate surface area is 171 Å². The van der Waals surface area contributed by atoms with Crippen molar-refractivity contribution in [2.45, 2.75) is 18.3 Å². The molecular weight excluding hydrogens is 391 g/mol. The molecule has 0 saturated heterocycles. The molecule has 0 atom stereocenters. The molecule has 3 aromatic rings. The summed E-state index contributed by atoms with van der Waals surface area (Å²) in [4.78, 5) is 12.7. The van der Waals surface area contributed by atoms with Crippen LogP contribution in [0.1, 0.15) is 18.5 Å². The average molecular weight is 410 g/mol. The summed E-state index contributed by atoms with van der Waals surface area (Å²) in [5, 5.41) is 7.04. The first-order chi connectivity index (χ1) is 14.6. The van der Waals surface area contributed by atoms with Crippen LogP contribution in [0, 0.1) is 5.82 Å². The van der Waals surface area contributed by atoms with E-state index in [0.29, 0.717) is 48.1 Å². The molecule has 1 aliphatic carbocycles. The predicted molar refractivity (Wildman–Crippen MR) is 104 cm³/mol. The number of rotatable bonds is 7. The number of hydrogen-bond donors (Lipinski definition) is 1. The van der Waals surface area contributed by atoms with Crippen LogP contribution in [0.25, 0.3) is 11.3 Å². The second kappa shape index (κ2) is 7.37. The number of nitrogens with one attached hydrogen (secondary N) is 1. The number of amides is 1. The van der Waals surface area contributed by atoms with Crippen molar-refractivity contribution in [1.29, 1.82) is 0 Å². The summed E-state index contributed by atoms with van der Waals surface area (Å²) in [6.07, 6.45) is 1.43. The molecule has 1 aromatic heterocycles. The summed E-state index contributed by atoms with van der Waals surface area (Å²) in [5.74, 6) is 2.05. The molecule has 0 radical (unpaired) electrons. The lowest BCUT2D eigenvalue weighted by Crippen LogP contribution is -2.37. The molecule has 1 aliphatic heterocycles. The topological polar surface area (TPSA) is 82.8 Å². The lowest BCUT2D eigenvalue weighted by atomic mass is 10.0. The van der Waals surface area contributed by atoms with Crippen LogP contribution in [0.4, 0.5) is 4.39 Å². The second-order valence-electron chi connectivity index (χ2n) is 7.28. The van der Waals surface area contributed by atoms with Gasteiger partial charge in [0.1, 0.15) is 18.2 Å². The van der Waals surface area contributed by atoms with E-state index < -0.39 is 5.41 Å². The van der Waals surface area contributed by atoms with E-state index in [1.54, 1.807) is 18.2 Å². The zero-order valence-corrected chi connectivity index (χ0v) is 16.0. The fourth-order valence-electron chi connectivity index (χ4n) is 3.44. The minimum atomic E-state index is -0.659. The molecule has 7 nitrogen and oxygen atoms in total. The van der Waals surface area contributed by atoms with Gasteiger partial charge in [0.05, 0.1) is 17.7 Å². The van der Waals surface area contributed by atoms with Gasteiger partial charge in [0.25, 0.3) is 0 Å². The minimum absolute atomic E-state index is 0.101. The normalized spacial score (nSPS) is 15.6. The lowest BCUT2D eigenvalue weighted by molar-refractivity contribution is -0.123. The third kappa shape index (κ3) is 3.45. The monoisotopic (exact) mass is 410 g/mol. The van der Waals surface area contributed by atoms with Crippen molar-refractivity contribution in [2.75, 3.05) is 19.9 Å². The first kappa shape index (κ1) is 18.5. The van der Waals surface area contributed by atoms with Gasteiger partial charge in [-0.2, -0.15) is 0 Å². The van der Waals surface area contributed by atoms with Crippen molar-refractivity contribution in [1.82, 2.24) is 10.5 Å². The fraction of sp³-hybridized carbons (Fsp3) is 0.273. The van der Waals surface area contributed by atoms with Gasteiger partial charge in [0.15, 0.2) is 17.3 Å². The van der Waals surface area contributed by atoms with Gasteiger partial charge in [-0.1, -0.05) is 5.16 Å². The van der Waals surface area contributed by atoms with Crippen LogP contribution >= 0.6 is 0 Å². The summed E-state index contributed by atoms with van der Waals surface area (Å²) < 4.78 is 34.6. The molecule has 1 amide bonds. The van der Waals surface area contributed by atoms with Crippen LogP contribution < -0.4 is 19.5 Å². The summed E-state index contributed by atoms with van der Waals surface area (Å²) in [6, 6.07) is 13.1. The number of ether oxygens (including phenoxy) is 3. The van der Waals surface area contributed by atoms with Crippen molar-refractivity contribution < 1.29 is 27.9 Å². The molecule has 8 heteroatoms. The molecule has 2 heterocycles. The lowest BCUT2D eigenvalue weighted by Gasteiger charge is -2.13. The van der Waals surface area contributed by atoms with E-state index in [2.05, 4.69) is 10.5 Å². The summed E-state index contributed by atoms with van der Waals surface area (Å²) in [5.41, 5.74) is 0.766. The van der Waals surface area contributed by atoms with Crippen molar-refractivity contribution >= 4 is 5.91 Å². The Hall–Kier alpha value is -3.55. The van der Waals surface area contributed by atoms with Crippen LogP contribution in [0.3, 0.4) is 0 Å². The van der Waals surface area contributed by atoms with E-state index in [-0.39, 0.29) is 25.1 Å². The highest BCUT2D eigenvalue weighted by molar-refractivity contribution is 5.91. The number of benzene rings is 2. The minimum Gasteiger partial charge on any atom is -0.492 e. The highest BCUT2D eigenvalue weighted by atomic mass is 19.1. The molecule has 2 aromatic carbocycles. The Bertz CT molecular complexity index is 1080. The van der Waals surface area contributed by atoms with Crippen LogP contribution in [-0.4, -0.2) is 31.0 Å². The number of carbonyl (C=O) groups is 1. The van der Waals surface area contributed by atoms with E-state index in [1.165, 1.54) is 12.1 Å². The summed E-state index contributed by atoms with van der Waals surface area (Å²) in [7, 11) is 0. The number of hydrogen-bond acceptors (Lipinski definition) is 6. The smallest absolute Gasteiger partial charge is 0.232 e. The maximum Gasteiger partial charge on any atom is 0.232 e. The summed E-state index contributed by atoms with van der Waals surface area (Å²) >= 11 is 0. The first-order valence-corrected chi connectivity index (χ1v) is 9.68. The maximum absolute atomic E-state index is 12.9. The van der Waals surface area contributed by atoms with Gasteiger partial charge in [-0.05, 0) is 55.3 Å². The Kier molecular flexibility index (Phi) is 4.54. The zero-order chi connectivity index (χ0) is 20.6. The van der Waals surface area contributed by atoms with E-state index >= 15 is 0 Å². The number of fused-ring (bicyclic) bond motifs is 1. The molecule has 1 fully saturated rings. The van der Waals surface area contributed by atoms with E-state index in [4.69, 9.17) is 18.7 Å². The van der Waals surface area contributed by atoms with Crippen molar-refractivity contribution in [3.05, 3.63) is 60.0 Å². The third-order valence-corrected chi connectivity index (χ3v) is 5.31. The maximum atomic E-state index is 12.9. The van der Waals surface area contributed by atoms with E-state index in [9.17, 15) is 9.18 Å². The Morgan fingerprint density at radius 3 is 2.70 bits per heavy atom. The largest absolute Gasteiger partial charge is 0.492 e. The molecule has 154 valence electrons. The molecule has 5 rings (SSSR count). The zero-order valence-electron chi connectivity index (χ0n) is 16.0. The van der Waals surface area contributed by atoms with Gasteiger partial charge in [-0.3, -0.25) is 4.79 Å². The van der Waals surface area contributed by atoms with E-state index in [1.807, 2.05) is 18.2 Å². The van der Waals surface area contributed by atoms with Gasteiger partial charge >= 0.3 is 0 Å². The van der Waals surface area contributed by atoms with E-state index in [0.717, 1.165) is 5.56 Å². The van der Waals surface area contributed by atoms with Crippen LogP contribution in [-0.2, 0) is 10.2 Å². The van der Waals surface area contributed by atoms with Gasteiger partial charge in [0.2, 0.25) is 12.7 Å². The molecule has 1 N–H and O–H groups in total. The quantitative estimate of drug-likeness (QED) is 0.601. The standard InChI is InChI=1S/C22H19FN2O5/c23-15-2-4-16(5-3-15)27-10-9-24-21(26)22(7-8-22)20-12-18(30-25-20)14-1-6-17-19(11-14)29-13-28-17/h1-6,11-12H,7-10,13H2,(H,24,26). The van der Waals surface area contributed by atoms with Crippen LogP contribution in [0.15, 0.2) is 53.1 Å². The third-order valence-electron chi connectivity index (χ3n) is 5.31.